The van der Waals surface area contributed by atoms with Crippen LogP contribution in [0.5, 0.6) is 0 Å². The van der Waals surface area contributed by atoms with E-state index in [0.29, 0.717) is 31.3 Å². The van der Waals surface area contributed by atoms with E-state index in [1.807, 2.05) is 13.0 Å². The van der Waals surface area contributed by atoms with E-state index in [2.05, 4.69) is 21.9 Å². The van der Waals surface area contributed by atoms with Crippen molar-refractivity contribution in [3.8, 4) is 6.07 Å². The lowest BCUT2D eigenvalue weighted by molar-refractivity contribution is 0.167. The fourth-order valence-electron chi connectivity index (χ4n) is 0.975. The van der Waals surface area contributed by atoms with E-state index in [1.165, 1.54) is 12.4 Å². The van der Waals surface area contributed by atoms with E-state index >= 15 is 0 Å². The molecule has 0 aliphatic carbocycles. The summed E-state index contributed by atoms with van der Waals surface area (Å²) in [7, 11) is 0. The van der Waals surface area contributed by atoms with Crippen molar-refractivity contribution in [3.05, 3.63) is 30.2 Å². The van der Waals surface area contributed by atoms with Crippen LogP contribution >= 0.6 is 0 Å². The van der Waals surface area contributed by atoms with Crippen molar-refractivity contribution in [2.45, 2.75) is 6.92 Å². The molecule has 0 unspecified atom stereocenters. The summed E-state index contributed by atoms with van der Waals surface area (Å²) in [5.41, 5.74) is 1.31. The predicted molar refractivity (Wildman–Crippen MR) is 60.9 cm³/mol. The van der Waals surface area contributed by atoms with Gasteiger partial charge in [-0.2, -0.15) is 5.26 Å². The van der Waals surface area contributed by atoms with Crippen molar-refractivity contribution in [3.63, 3.8) is 0 Å². The average Bonchev–Trinajstić information content (AvgIpc) is 2.29. The second-order valence-electron chi connectivity index (χ2n) is 3.34. The van der Waals surface area contributed by atoms with Crippen LogP contribution in [0.3, 0.4) is 0 Å². The van der Waals surface area contributed by atoms with Gasteiger partial charge in [0.15, 0.2) is 5.69 Å². The number of aromatic nitrogens is 2. The molecule has 0 bridgehead atoms. The Bertz CT molecular complexity index is 380. The van der Waals surface area contributed by atoms with Crippen LogP contribution in [-0.4, -0.2) is 29.7 Å². The molecule has 84 valence electrons. The van der Waals surface area contributed by atoms with Gasteiger partial charge in [-0.3, -0.25) is 0 Å². The van der Waals surface area contributed by atoms with Gasteiger partial charge in [-0.15, -0.1) is 0 Å². The topological polar surface area (TPSA) is 70.8 Å². The Morgan fingerprint density at radius 2 is 2.38 bits per heavy atom. The smallest absolute Gasteiger partial charge is 0.158 e. The van der Waals surface area contributed by atoms with E-state index in [0.717, 1.165) is 5.57 Å². The Hall–Kier alpha value is -1.93. The van der Waals surface area contributed by atoms with Crippen LogP contribution in [0.25, 0.3) is 0 Å². The van der Waals surface area contributed by atoms with Crippen LogP contribution in [0, 0.1) is 11.3 Å². The fraction of sp³-hybridized carbons (Fsp3) is 0.364. The molecule has 5 nitrogen and oxygen atoms in total. The van der Waals surface area contributed by atoms with Crippen LogP contribution in [-0.2, 0) is 4.74 Å². The van der Waals surface area contributed by atoms with Crippen LogP contribution < -0.4 is 5.32 Å². The molecule has 0 aliphatic heterocycles. The normalized spacial score (nSPS) is 9.50. The van der Waals surface area contributed by atoms with Crippen molar-refractivity contribution in [1.29, 1.82) is 5.26 Å². The largest absolute Gasteiger partial charge is 0.375 e. The van der Waals surface area contributed by atoms with Crippen molar-refractivity contribution >= 4 is 5.82 Å². The van der Waals surface area contributed by atoms with E-state index in [4.69, 9.17) is 10.00 Å². The third kappa shape index (κ3) is 4.53. The number of ether oxygens (including phenoxy) is 1. The molecule has 1 aromatic rings. The highest BCUT2D eigenvalue weighted by Gasteiger charge is 1.95. The summed E-state index contributed by atoms with van der Waals surface area (Å²) in [6.45, 7) is 7.44. The monoisotopic (exact) mass is 218 g/mol. The van der Waals surface area contributed by atoms with Gasteiger partial charge < -0.3 is 10.1 Å². The molecule has 0 spiro atoms. The Labute approximate surface area is 94.8 Å². The number of nitrogens with one attached hydrogen (secondary N) is 1. The number of nitriles is 1. The zero-order valence-corrected chi connectivity index (χ0v) is 9.23. The van der Waals surface area contributed by atoms with E-state index in [-0.39, 0.29) is 0 Å². The van der Waals surface area contributed by atoms with Crippen LogP contribution in [0.15, 0.2) is 24.5 Å². The van der Waals surface area contributed by atoms with Gasteiger partial charge in [-0.1, -0.05) is 12.2 Å². The van der Waals surface area contributed by atoms with E-state index < -0.39 is 0 Å². The number of rotatable bonds is 6. The molecule has 1 rings (SSSR count). The molecule has 0 amide bonds. The molecule has 1 N–H and O–H groups in total. The maximum Gasteiger partial charge on any atom is 0.158 e. The predicted octanol–water partition coefficient (Wildman–Crippen LogP) is 1.35. The minimum absolute atomic E-state index is 0.309. The fourth-order valence-corrected chi connectivity index (χ4v) is 0.975. The van der Waals surface area contributed by atoms with Crippen molar-refractivity contribution in [2.75, 3.05) is 25.1 Å². The molecule has 1 aromatic heterocycles. The summed E-state index contributed by atoms with van der Waals surface area (Å²) in [5, 5.41) is 11.6. The van der Waals surface area contributed by atoms with Gasteiger partial charge in [-0.05, 0) is 6.92 Å². The van der Waals surface area contributed by atoms with E-state index in [9.17, 15) is 0 Å². The number of anilines is 1. The zero-order valence-electron chi connectivity index (χ0n) is 9.23. The van der Waals surface area contributed by atoms with E-state index in [1.54, 1.807) is 0 Å². The quantitative estimate of drug-likeness (QED) is 0.576. The standard InChI is InChI=1S/C11H14N4O/c1-9(2)8-16-4-3-13-11-7-14-10(5-12)6-15-11/h6-7H,1,3-4,8H2,2H3,(H,13,15). The minimum atomic E-state index is 0.309. The molecule has 0 atom stereocenters. The maximum absolute atomic E-state index is 8.53. The molecule has 0 aliphatic rings. The van der Waals surface area contributed by atoms with Gasteiger partial charge in [0.25, 0.3) is 0 Å². The number of hydrogen-bond acceptors (Lipinski definition) is 5. The molecule has 0 aromatic carbocycles. The zero-order chi connectivity index (χ0) is 11.8. The first-order valence-electron chi connectivity index (χ1n) is 4.90. The number of hydrogen-bond donors (Lipinski definition) is 1. The maximum atomic E-state index is 8.53. The highest BCUT2D eigenvalue weighted by Crippen LogP contribution is 1.99. The summed E-state index contributed by atoms with van der Waals surface area (Å²) in [6.07, 6.45) is 2.95. The molecule has 16 heavy (non-hydrogen) atoms. The Balaban J connectivity index is 2.22. The lowest BCUT2D eigenvalue weighted by Gasteiger charge is -2.05. The first-order valence-corrected chi connectivity index (χ1v) is 4.90. The average molecular weight is 218 g/mol. The molecule has 0 fully saturated rings. The first-order chi connectivity index (χ1) is 7.72. The highest BCUT2D eigenvalue weighted by molar-refractivity contribution is 5.32. The molecule has 0 radical (unpaired) electrons. The van der Waals surface area contributed by atoms with Gasteiger partial charge >= 0.3 is 0 Å². The van der Waals surface area contributed by atoms with Gasteiger partial charge in [0, 0.05) is 6.54 Å². The van der Waals surface area contributed by atoms with Crippen LogP contribution in [0.1, 0.15) is 12.6 Å². The first kappa shape index (κ1) is 12.1. The molecule has 1 heterocycles. The minimum Gasteiger partial charge on any atom is -0.375 e. The second-order valence-corrected chi connectivity index (χ2v) is 3.34. The van der Waals surface area contributed by atoms with Gasteiger partial charge in [-0.25, -0.2) is 9.97 Å². The van der Waals surface area contributed by atoms with Crippen molar-refractivity contribution in [1.82, 2.24) is 9.97 Å². The Kier molecular flexibility index (Phi) is 4.96. The molecule has 0 saturated heterocycles. The SMILES string of the molecule is C=C(C)COCCNc1cnc(C#N)cn1. The molecule has 0 saturated carbocycles. The van der Waals surface area contributed by atoms with Gasteiger partial charge in [0.05, 0.1) is 25.6 Å². The summed E-state index contributed by atoms with van der Waals surface area (Å²) in [6, 6.07) is 1.91. The molecular formula is C11H14N4O. The van der Waals surface area contributed by atoms with Gasteiger partial charge in [0.1, 0.15) is 11.9 Å². The van der Waals surface area contributed by atoms with Crippen molar-refractivity contribution < 1.29 is 4.74 Å². The third-order valence-electron chi connectivity index (χ3n) is 1.67. The Morgan fingerprint density at radius 1 is 1.56 bits per heavy atom. The molecule has 5 heteroatoms. The van der Waals surface area contributed by atoms with Crippen molar-refractivity contribution in [2.24, 2.45) is 0 Å². The van der Waals surface area contributed by atoms with Gasteiger partial charge in [0.2, 0.25) is 0 Å². The number of nitrogens with zero attached hydrogens (tertiary/aromatic N) is 3. The second kappa shape index (κ2) is 6.53. The summed E-state index contributed by atoms with van der Waals surface area (Å²) in [5.74, 6) is 0.637. The van der Waals surface area contributed by atoms with Crippen LogP contribution in [0.2, 0.25) is 0 Å². The summed E-state index contributed by atoms with van der Waals surface area (Å²) >= 11 is 0. The summed E-state index contributed by atoms with van der Waals surface area (Å²) in [4.78, 5) is 7.90. The highest BCUT2D eigenvalue weighted by atomic mass is 16.5. The van der Waals surface area contributed by atoms with Crippen LogP contribution in [0.4, 0.5) is 5.82 Å². The third-order valence-corrected chi connectivity index (χ3v) is 1.67. The summed E-state index contributed by atoms with van der Waals surface area (Å²) < 4.78 is 5.30. The lowest BCUT2D eigenvalue weighted by Crippen LogP contribution is -2.11. The molecular weight excluding hydrogens is 204 g/mol. The lowest BCUT2D eigenvalue weighted by atomic mass is 10.4. The Morgan fingerprint density at radius 3 is 2.94 bits per heavy atom.